The number of hydrogen-bond acceptors (Lipinski definition) is 7. The van der Waals surface area contributed by atoms with Crippen molar-refractivity contribution in [1.29, 1.82) is 0 Å². The van der Waals surface area contributed by atoms with Crippen LogP contribution in [-0.2, 0) is 33.4 Å². The van der Waals surface area contributed by atoms with Gasteiger partial charge in [-0.05, 0) is 6.92 Å². The second-order valence-electron chi connectivity index (χ2n) is 3.87. The second-order valence-corrected chi connectivity index (χ2v) is 4.70. The van der Waals surface area contributed by atoms with E-state index in [-0.39, 0.29) is 12.6 Å². The van der Waals surface area contributed by atoms with Crippen LogP contribution in [0.2, 0.25) is 0 Å². The number of rotatable bonds is 5. The van der Waals surface area contributed by atoms with E-state index in [4.69, 9.17) is 4.74 Å². The molecule has 1 saturated heterocycles. The Hall–Kier alpha value is -1.35. The van der Waals surface area contributed by atoms with Crippen LogP contribution in [-0.4, -0.2) is 54.0 Å². The molecule has 0 aromatic rings. The molecule has 1 rings (SSSR count). The fourth-order valence-corrected chi connectivity index (χ4v) is 2.06. The summed E-state index contributed by atoms with van der Waals surface area (Å²) in [6, 6.07) is 0. The van der Waals surface area contributed by atoms with E-state index in [0.717, 1.165) is 6.92 Å². The fourth-order valence-electron chi connectivity index (χ4n) is 1.52. The molecule has 7 nitrogen and oxygen atoms in total. The first-order chi connectivity index (χ1) is 8.82. The van der Waals surface area contributed by atoms with Gasteiger partial charge in [0.25, 0.3) is 0 Å². The third-order valence-electron chi connectivity index (χ3n) is 2.46. The van der Waals surface area contributed by atoms with Crippen LogP contribution >= 0.6 is 15.9 Å². The van der Waals surface area contributed by atoms with Gasteiger partial charge in [-0.3, -0.25) is 9.59 Å². The fraction of sp³-hybridized carbons (Fsp3) is 0.600. The smallest absolute Gasteiger partial charge is 0.371 e. The molecule has 0 aromatic heterocycles. The molecule has 0 aliphatic carbocycles. The summed E-state index contributed by atoms with van der Waals surface area (Å²) in [5.74, 6) is -2.44. The zero-order valence-electron chi connectivity index (χ0n) is 9.71. The largest absolute Gasteiger partial charge is 0.457 e. The number of carbonyl (C=O) groups is 4. The van der Waals surface area contributed by atoms with Gasteiger partial charge in [0.05, 0.1) is 0 Å². The molecule has 0 saturated carbocycles. The summed E-state index contributed by atoms with van der Waals surface area (Å²) < 4.78 is 28.4. The van der Waals surface area contributed by atoms with E-state index >= 15 is 0 Å². The van der Waals surface area contributed by atoms with Crippen molar-refractivity contribution in [1.82, 2.24) is 0 Å². The van der Waals surface area contributed by atoms with Gasteiger partial charge in [0, 0.05) is 0 Å². The monoisotopic (exact) mass is 340 g/mol. The summed E-state index contributed by atoms with van der Waals surface area (Å²) in [6.45, 7) is 0.604. The molecule has 1 aliphatic rings. The SMILES string of the molecule is C[C@@]1(F)[C@H](OC(=O)C=O)[C@@H](COC(=O)C=O)O[C@@H]1Br. The number of hydrogen-bond donors (Lipinski definition) is 0. The Morgan fingerprint density at radius 1 is 1.37 bits per heavy atom. The van der Waals surface area contributed by atoms with Gasteiger partial charge in [-0.15, -0.1) is 0 Å². The van der Waals surface area contributed by atoms with E-state index in [1.165, 1.54) is 0 Å². The van der Waals surface area contributed by atoms with Crippen LogP contribution in [0.1, 0.15) is 6.92 Å². The summed E-state index contributed by atoms with van der Waals surface area (Å²) in [4.78, 5) is 41.9. The minimum absolute atomic E-state index is 0.0678. The first-order valence-corrected chi connectivity index (χ1v) is 6.00. The Morgan fingerprint density at radius 3 is 2.47 bits per heavy atom. The summed E-state index contributed by atoms with van der Waals surface area (Å²) in [7, 11) is 0. The van der Waals surface area contributed by atoms with Crippen molar-refractivity contribution in [3.8, 4) is 0 Å². The highest BCUT2D eigenvalue weighted by Gasteiger charge is 2.56. The van der Waals surface area contributed by atoms with Crippen LogP contribution in [0.3, 0.4) is 0 Å². The van der Waals surface area contributed by atoms with Gasteiger partial charge in [-0.2, -0.15) is 0 Å². The Morgan fingerprint density at radius 2 is 1.95 bits per heavy atom. The van der Waals surface area contributed by atoms with Gasteiger partial charge in [0.2, 0.25) is 12.6 Å². The van der Waals surface area contributed by atoms with Gasteiger partial charge in [0.15, 0.2) is 16.8 Å². The molecule has 0 amide bonds. The summed E-state index contributed by atoms with van der Waals surface area (Å²) in [5.41, 5.74) is -2.13. The van der Waals surface area contributed by atoms with Crippen LogP contribution in [0.5, 0.6) is 0 Å². The van der Waals surface area contributed by atoms with E-state index < -0.39 is 41.4 Å². The molecule has 9 heteroatoms. The normalized spacial score (nSPS) is 33.5. The highest BCUT2D eigenvalue weighted by molar-refractivity contribution is 9.09. The van der Waals surface area contributed by atoms with Crippen LogP contribution in [0.25, 0.3) is 0 Å². The molecule has 19 heavy (non-hydrogen) atoms. The first kappa shape index (κ1) is 15.7. The molecule has 1 aliphatic heterocycles. The summed E-state index contributed by atoms with van der Waals surface area (Å²) in [5, 5.41) is -1.12. The van der Waals surface area contributed by atoms with Crippen LogP contribution in [0, 0.1) is 0 Å². The maximum atomic E-state index is 14.2. The first-order valence-electron chi connectivity index (χ1n) is 5.09. The van der Waals surface area contributed by atoms with E-state index in [2.05, 4.69) is 25.4 Å². The average molecular weight is 341 g/mol. The highest BCUT2D eigenvalue weighted by atomic mass is 79.9. The van der Waals surface area contributed by atoms with Crippen LogP contribution < -0.4 is 0 Å². The lowest BCUT2D eigenvalue weighted by Gasteiger charge is -2.24. The quantitative estimate of drug-likeness (QED) is 0.293. The number of aldehydes is 2. The molecule has 1 heterocycles. The van der Waals surface area contributed by atoms with Crippen molar-refractivity contribution >= 4 is 40.4 Å². The van der Waals surface area contributed by atoms with Gasteiger partial charge < -0.3 is 14.2 Å². The molecule has 4 atom stereocenters. The molecule has 0 aromatic carbocycles. The van der Waals surface area contributed by atoms with Crippen molar-refractivity contribution in [3.05, 3.63) is 0 Å². The Bertz CT molecular complexity index is 397. The predicted octanol–water partition coefficient (Wildman–Crippen LogP) is -0.313. The maximum absolute atomic E-state index is 14.2. The minimum atomic E-state index is -2.13. The van der Waals surface area contributed by atoms with Crippen molar-refractivity contribution in [3.63, 3.8) is 0 Å². The van der Waals surface area contributed by atoms with Crippen LogP contribution in [0.15, 0.2) is 0 Å². The van der Waals surface area contributed by atoms with E-state index in [1.807, 2.05) is 0 Å². The molecule has 0 unspecified atom stereocenters. The predicted molar refractivity (Wildman–Crippen MR) is 60.1 cm³/mol. The van der Waals surface area contributed by atoms with Crippen molar-refractivity contribution in [2.45, 2.75) is 29.8 Å². The number of ether oxygens (including phenoxy) is 3. The summed E-state index contributed by atoms with van der Waals surface area (Å²) >= 11 is 2.89. The topological polar surface area (TPSA) is 96.0 Å². The highest BCUT2D eigenvalue weighted by Crippen LogP contribution is 2.39. The third kappa shape index (κ3) is 3.57. The molecule has 0 N–H and O–H groups in total. The molecule has 0 bridgehead atoms. The molecule has 106 valence electrons. The van der Waals surface area contributed by atoms with Gasteiger partial charge in [0.1, 0.15) is 12.7 Å². The number of halogens is 2. The minimum Gasteiger partial charge on any atom is -0.457 e. The third-order valence-corrected chi connectivity index (χ3v) is 3.57. The Kier molecular flexibility index (Phi) is 5.12. The second kappa shape index (κ2) is 6.20. The average Bonchev–Trinajstić information content (AvgIpc) is 2.59. The van der Waals surface area contributed by atoms with Gasteiger partial charge in [-0.25, -0.2) is 14.0 Å². The van der Waals surface area contributed by atoms with Crippen LogP contribution in [0.4, 0.5) is 4.39 Å². The number of esters is 2. The number of alkyl halides is 2. The lowest BCUT2D eigenvalue weighted by molar-refractivity contribution is -0.163. The number of carbonyl (C=O) groups excluding carboxylic acids is 4. The zero-order valence-corrected chi connectivity index (χ0v) is 11.3. The van der Waals surface area contributed by atoms with Gasteiger partial charge in [-0.1, -0.05) is 15.9 Å². The zero-order chi connectivity index (χ0) is 14.6. The molecule has 0 radical (unpaired) electrons. The molecular weight excluding hydrogens is 331 g/mol. The van der Waals surface area contributed by atoms with Crippen molar-refractivity contribution in [2.24, 2.45) is 0 Å². The Labute approximate surface area is 115 Å². The standard InChI is InChI=1S/C10H10BrFO7/c1-10(12)8(19-7(16)3-14)5(18-9(10)11)4-17-6(15)2-13/h2-3,5,8-9H,4H2,1H3/t5-,8-,9+,10-/m1/s1. The molecule has 1 fully saturated rings. The maximum Gasteiger partial charge on any atom is 0.371 e. The Balaban J connectivity index is 2.77. The van der Waals surface area contributed by atoms with Crippen molar-refractivity contribution in [2.75, 3.05) is 6.61 Å². The lowest BCUT2D eigenvalue weighted by atomic mass is 10.0. The van der Waals surface area contributed by atoms with E-state index in [9.17, 15) is 23.6 Å². The van der Waals surface area contributed by atoms with Crippen molar-refractivity contribution < 1.29 is 37.8 Å². The molecular formula is C10H10BrFO7. The van der Waals surface area contributed by atoms with E-state index in [1.54, 1.807) is 0 Å². The summed E-state index contributed by atoms with van der Waals surface area (Å²) in [6.07, 6.45) is -2.77. The van der Waals surface area contributed by atoms with Gasteiger partial charge >= 0.3 is 11.9 Å². The van der Waals surface area contributed by atoms with E-state index in [0.29, 0.717) is 0 Å². The molecule has 0 spiro atoms. The lowest BCUT2D eigenvalue weighted by Crippen LogP contribution is -2.44.